The van der Waals surface area contributed by atoms with E-state index < -0.39 is 0 Å². The first-order valence-corrected chi connectivity index (χ1v) is 7.56. The Kier molecular flexibility index (Phi) is 5.20. The van der Waals surface area contributed by atoms with E-state index >= 15 is 0 Å². The van der Waals surface area contributed by atoms with E-state index in [1.165, 1.54) is 11.1 Å². The van der Waals surface area contributed by atoms with Gasteiger partial charge in [0.05, 0.1) is 0 Å². The second-order valence-corrected chi connectivity index (χ2v) is 5.57. The summed E-state index contributed by atoms with van der Waals surface area (Å²) in [6.45, 7) is 6.83. The SMILES string of the molecule is Cc1ccccc1CCNC(=O)CCn1c(C)c(C)[nH]c1=O. The van der Waals surface area contributed by atoms with Gasteiger partial charge in [0.1, 0.15) is 0 Å². The minimum Gasteiger partial charge on any atom is -0.356 e. The number of nitrogens with one attached hydrogen (secondary N) is 2. The Morgan fingerprint density at radius 1 is 1.23 bits per heavy atom. The molecule has 1 amide bonds. The first-order chi connectivity index (χ1) is 10.5. The van der Waals surface area contributed by atoms with E-state index in [0.717, 1.165) is 17.8 Å². The van der Waals surface area contributed by atoms with Crippen molar-refractivity contribution in [2.45, 2.75) is 40.2 Å². The van der Waals surface area contributed by atoms with Crippen LogP contribution in [0.25, 0.3) is 0 Å². The number of carbonyl (C=O) groups is 1. The maximum Gasteiger partial charge on any atom is 0.325 e. The molecule has 0 aliphatic carbocycles. The number of amides is 1. The molecule has 2 aromatic rings. The van der Waals surface area contributed by atoms with Gasteiger partial charge in [-0.25, -0.2) is 4.79 Å². The molecule has 1 aromatic heterocycles. The molecule has 5 nitrogen and oxygen atoms in total. The van der Waals surface area contributed by atoms with E-state index in [4.69, 9.17) is 0 Å². The first kappa shape index (κ1) is 16.1. The second-order valence-electron chi connectivity index (χ2n) is 5.57. The molecule has 0 atom stereocenters. The monoisotopic (exact) mass is 301 g/mol. The van der Waals surface area contributed by atoms with Crippen molar-refractivity contribution in [3.8, 4) is 0 Å². The zero-order chi connectivity index (χ0) is 16.1. The van der Waals surface area contributed by atoms with Crippen molar-refractivity contribution in [3.63, 3.8) is 0 Å². The molecule has 0 fully saturated rings. The molecule has 0 saturated heterocycles. The molecule has 0 spiro atoms. The summed E-state index contributed by atoms with van der Waals surface area (Å²) in [5.41, 5.74) is 4.07. The zero-order valence-electron chi connectivity index (χ0n) is 13.4. The van der Waals surface area contributed by atoms with Crippen LogP contribution in [-0.2, 0) is 17.8 Å². The maximum atomic E-state index is 11.9. The summed E-state index contributed by atoms with van der Waals surface area (Å²) in [4.78, 5) is 26.3. The molecule has 0 aliphatic heterocycles. The Morgan fingerprint density at radius 2 is 1.95 bits per heavy atom. The third-order valence-corrected chi connectivity index (χ3v) is 4.03. The molecule has 1 aromatic carbocycles. The minimum absolute atomic E-state index is 0.0289. The Balaban J connectivity index is 1.79. The van der Waals surface area contributed by atoms with Crippen molar-refractivity contribution in [2.75, 3.05) is 6.54 Å². The van der Waals surface area contributed by atoms with Crippen LogP contribution in [0.5, 0.6) is 0 Å². The lowest BCUT2D eigenvalue weighted by atomic mass is 10.1. The number of benzene rings is 1. The van der Waals surface area contributed by atoms with Crippen molar-refractivity contribution in [1.29, 1.82) is 0 Å². The van der Waals surface area contributed by atoms with Crippen molar-refractivity contribution >= 4 is 5.91 Å². The van der Waals surface area contributed by atoms with Crippen LogP contribution >= 0.6 is 0 Å². The van der Waals surface area contributed by atoms with Gasteiger partial charge in [-0.1, -0.05) is 24.3 Å². The topological polar surface area (TPSA) is 66.9 Å². The van der Waals surface area contributed by atoms with E-state index in [0.29, 0.717) is 19.5 Å². The van der Waals surface area contributed by atoms with Crippen LogP contribution in [0.15, 0.2) is 29.1 Å². The number of aryl methyl sites for hydroxylation is 2. The summed E-state index contributed by atoms with van der Waals surface area (Å²) in [5, 5.41) is 2.91. The quantitative estimate of drug-likeness (QED) is 0.855. The standard InChI is InChI=1S/C17H23N3O2/c1-12-6-4-5-7-15(12)8-10-18-16(21)9-11-20-14(3)13(2)19-17(20)22/h4-7H,8-11H2,1-3H3,(H,18,21)(H,19,22). The lowest BCUT2D eigenvalue weighted by molar-refractivity contribution is -0.121. The van der Waals surface area contributed by atoms with Crippen molar-refractivity contribution < 1.29 is 4.79 Å². The zero-order valence-corrected chi connectivity index (χ0v) is 13.4. The van der Waals surface area contributed by atoms with Gasteiger partial charge in [-0.05, 0) is 38.3 Å². The summed E-state index contributed by atoms with van der Waals surface area (Å²) in [6.07, 6.45) is 1.13. The van der Waals surface area contributed by atoms with Crippen LogP contribution < -0.4 is 11.0 Å². The van der Waals surface area contributed by atoms with Gasteiger partial charge < -0.3 is 10.3 Å². The molecule has 5 heteroatoms. The number of nitrogens with zero attached hydrogens (tertiary/aromatic N) is 1. The predicted octanol–water partition coefficient (Wildman–Crippen LogP) is 1.85. The fraction of sp³-hybridized carbons (Fsp3) is 0.412. The molecule has 0 unspecified atom stereocenters. The van der Waals surface area contributed by atoms with Crippen LogP contribution in [-0.4, -0.2) is 22.0 Å². The number of imidazole rings is 1. The van der Waals surface area contributed by atoms with E-state index in [-0.39, 0.29) is 11.6 Å². The fourth-order valence-corrected chi connectivity index (χ4v) is 2.47. The number of H-pyrrole nitrogens is 1. The Morgan fingerprint density at radius 3 is 2.59 bits per heavy atom. The minimum atomic E-state index is -0.150. The number of hydrogen-bond acceptors (Lipinski definition) is 2. The van der Waals surface area contributed by atoms with Crippen LogP contribution in [0.4, 0.5) is 0 Å². The third-order valence-electron chi connectivity index (χ3n) is 4.03. The van der Waals surface area contributed by atoms with Gasteiger partial charge in [-0.2, -0.15) is 0 Å². The van der Waals surface area contributed by atoms with Gasteiger partial charge in [0.2, 0.25) is 5.91 Å². The van der Waals surface area contributed by atoms with Gasteiger partial charge in [-0.15, -0.1) is 0 Å². The molecule has 22 heavy (non-hydrogen) atoms. The van der Waals surface area contributed by atoms with Crippen LogP contribution in [0.3, 0.4) is 0 Å². The highest BCUT2D eigenvalue weighted by Gasteiger charge is 2.08. The molecule has 1 heterocycles. The molecule has 118 valence electrons. The predicted molar refractivity (Wildman–Crippen MR) is 87.0 cm³/mol. The smallest absolute Gasteiger partial charge is 0.325 e. The molecule has 2 N–H and O–H groups in total. The lowest BCUT2D eigenvalue weighted by Gasteiger charge is -2.08. The molecule has 2 rings (SSSR count). The largest absolute Gasteiger partial charge is 0.356 e. The van der Waals surface area contributed by atoms with Gasteiger partial charge in [-0.3, -0.25) is 9.36 Å². The molecular weight excluding hydrogens is 278 g/mol. The normalized spacial score (nSPS) is 10.7. The summed E-state index contributed by atoms with van der Waals surface area (Å²) in [5.74, 6) is -0.0289. The number of hydrogen-bond donors (Lipinski definition) is 2. The summed E-state index contributed by atoms with van der Waals surface area (Å²) in [6, 6.07) is 8.16. The molecule has 0 bridgehead atoms. The van der Waals surface area contributed by atoms with Crippen molar-refractivity contribution in [1.82, 2.24) is 14.9 Å². The average molecular weight is 301 g/mol. The second kappa shape index (κ2) is 7.11. The van der Waals surface area contributed by atoms with Crippen LogP contribution in [0, 0.1) is 20.8 Å². The van der Waals surface area contributed by atoms with Gasteiger partial charge in [0.25, 0.3) is 0 Å². The Hall–Kier alpha value is -2.30. The lowest BCUT2D eigenvalue weighted by Crippen LogP contribution is -2.28. The van der Waals surface area contributed by atoms with Crippen molar-refractivity contribution in [3.05, 3.63) is 57.3 Å². The summed E-state index contributed by atoms with van der Waals surface area (Å²) < 4.78 is 1.61. The Bertz CT molecular complexity index is 713. The molecule has 0 saturated carbocycles. The maximum absolute atomic E-state index is 11.9. The van der Waals surface area contributed by atoms with Crippen LogP contribution in [0.2, 0.25) is 0 Å². The van der Waals surface area contributed by atoms with E-state index in [9.17, 15) is 9.59 Å². The summed E-state index contributed by atoms with van der Waals surface area (Å²) >= 11 is 0. The molecule has 0 radical (unpaired) electrons. The van der Waals surface area contributed by atoms with Gasteiger partial charge >= 0.3 is 5.69 Å². The fourth-order valence-electron chi connectivity index (χ4n) is 2.47. The van der Waals surface area contributed by atoms with Crippen molar-refractivity contribution in [2.24, 2.45) is 0 Å². The highest BCUT2D eigenvalue weighted by Crippen LogP contribution is 2.07. The van der Waals surface area contributed by atoms with Gasteiger partial charge in [0, 0.05) is 30.9 Å². The van der Waals surface area contributed by atoms with E-state index in [1.807, 2.05) is 26.0 Å². The highest BCUT2D eigenvalue weighted by molar-refractivity contribution is 5.75. The van der Waals surface area contributed by atoms with Gasteiger partial charge in [0.15, 0.2) is 0 Å². The Labute approximate surface area is 130 Å². The molecular formula is C17H23N3O2. The summed E-state index contributed by atoms with van der Waals surface area (Å²) in [7, 11) is 0. The molecule has 0 aliphatic rings. The van der Waals surface area contributed by atoms with E-state index in [2.05, 4.69) is 29.4 Å². The number of carbonyl (C=O) groups excluding carboxylic acids is 1. The highest BCUT2D eigenvalue weighted by atomic mass is 16.2. The van der Waals surface area contributed by atoms with Crippen LogP contribution in [0.1, 0.15) is 28.9 Å². The number of aromatic nitrogens is 2. The average Bonchev–Trinajstić information content (AvgIpc) is 2.72. The third kappa shape index (κ3) is 3.87. The number of rotatable bonds is 6. The first-order valence-electron chi connectivity index (χ1n) is 7.56. The number of aromatic amines is 1. The van der Waals surface area contributed by atoms with E-state index in [1.54, 1.807) is 4.57 Å².